The van der Waals surface area contributed by atoms with Crippen molar-refractivity contribution < 1.29 is 4.79 Å². The molecule has 0 N–H and O–H groups in total. The lowest BCUT2D eigenvalue weighted by Gasteiger charge is -2.24. The van der Waals surface area contributed by atoms with Gasteiger partial charge in [0.25, 0.3) is 0 Å². The number of rotatable bonds is 16. The summed E-state index contributed by atoms with van der Waals surface area (Å²) in [5, 5.41) is 3.52. The molecule has 0 rings (SSSR count). The first-order valence-electron chi connectivity index (χ1n) is 10.2. The first-order valence-corrected chi connectivity index (χ1v) is 10.2. The zero-order valence-corrected chi connectivity index (χ0v) is 16.9. The van der Waals surface area contributed by atoms with Crippen LogP contribution < -0.4 is 0 Å². The SMILES string of the molecule is CCCCCCCC/C=C/CCCCCCCC(=O)N(C)N(C)C. The third-order valence-corrected chi connectivity index (χ3v) is 4.61. The van der Waals surface area contributed by atoms with E-state index in [9.17, 15) is 4.79 Å². The van der Waals surface area contributed by atoms with Gasteiger partial charge in [0.05, 0.1) is 0 Å². The zero-order valence-electron chi connectivity index (χ0n) is 16.9. The van der Waals surface area contributed by atoms with Crippen LogP contribution in [0.25, 0.3) is 0 Å². The predicted molar refractivity (Wildman–Crippen MR) is 106 cm³/mol. The van der Waals surface area contributed by atoms with Crippen molar-refractivity contribution in [3.8, 4) is 0 Å². The highest BCUT2D eigenvalue weighted by atomic mass is 16.2. The summed E-state index contributed by atoms with van der Waals surface area (Å²) in [4.78, 5) is 11.8. The van der Waals surface area contributed by atoms with Gasteiger partial charge in [-0.2, -0.15) is 0 Å². The van der Waals surface area contributed by atoms with Gasteiger partial charge in [-0.1, -0.05) is 70.4 Å². The second kappa shape index (κ2) is 17.0. The molecule has 0 saturated carbocycles. The summed E-state index contributed by atoms with van der Waals surface area (Å²) in [7, 11) is 5.63. The average Bonchev–Trinajstić information content (AvgIpc) is 2.57. The van der Waals surface area contributed by atoms with Crippen molar-refractivity contribution in [1.29, 1.82) is 0 Å². The zero-order chi connectivity index (χ0) is 18.0. The molecule has 142 valence electrons. The summed E-state index contributed by atoms with van der Waals surface area (Å²) >= 11 is 0. The lowest BCUT2D eigenvalue weighted by atomic mass is 10.1. The summed E-state index contributed by atoms with van der Waals surface area (Å²) in [6, 6.07) is 0. The lowest BCUT2D eigenvalue weighted by Crippen LogP contribution is -2.38. The Kier molecular flexibility index (Phi) is 16.4. The maximum Gasteiger partial charge on any atom is 0.236 e. The van der Waals surface area contributed by atoms with Crippen molar-refractivity contribution in [3.05, 3.63) is 12.2 Å². The fraction of sp³-hybridized carbons (Fsp3) is 0.857. The van der Waals surface area contributed by atoms with E-state index in [1.807, 2.05) is 26.2 Å². The largest absolute Gasteiger partial charge is 0.279 e. The Bertz CT molecular complexity index is 313. The fourth-order valence-electron chi connectivity index (χ4n) is 2.73. The molecule has 0 aromatic carbocycles. The number of hydrogen-bond donors (Lipinski definition) is 0. The van der Waals surface area contributed by atoms with Gasteiger partial charge in [-0.05, 0) is 32.1 Å². The molecule has 3 heteroatoms. The van der Waals surface area contributed by atoms with Gasteiger partial charge < -0.3 is 0 Å². The summed E-state index contributed by atoms with van der Waals surface area (Å²) in [6.45, 7) is 2.27. The van der Waals surface area contributed by atoms with E-state index in [0.29, 0.717) is 6.42 Å². The molecule has 0 fully saturated rings. The minimum atomic E-state index is 0.220. The Hall–Kier alpha value is -0.830. The number of carbonyl (C=O) groups excluding carboxylic acids is 1. The number of amides is 1. The third-order valence-electron chi connectivity index (χ3n) is 4.61. The Labute approximate surface area is 151 Å². The van der Waals surface area contributed by atoms with Gasteiger partial charge in [0, 0.05) is 27.6 Å². The highest BCUT2D eigenvalue weighted by molar-refractivity contribution is 5.75. The van der Waals surface area contributed by atoms with Crippen LogP contribution in [0.1, 0.15) is 96.8 Å². The van der Waals surface area contributed by atoms with Crippen LogP contribution >= 0.6 is 0 Å². The van der Waals surface area contributed by atoms with E-state index in [1.54, 1.807) is 5.01 Å². The van der Waals surface area contributed by atoms with Crippen LogP contribution in [0.2, 0.25) is 0 Å². The Balaban J connectivity index is 3.27. The van der Waals surface area contributed by atoms with E-state index in [0.717, 1.165) is 6.42 Å². The van der Waals surface area contributed by atoms with E-state index < -0.39 is 0 Å². The first kappa shape index (κ1) is 23.2. The Morgan fingerprint density at radius 1 is 0.708 bits per heavy atom. The molecule has 0 aliphatic heterocycles. The smallest absolute Gasteiger partial charge is 0.236 e. The van der Waals surface area contributed by atoms with Crippen molar-refractivity contribution in [2.24, 2.45) is 0 Å². The molecule has 24 heavy (non-hydrogen) atoms. The van der Waals surface area contributed by atoms with Crippen LogP contribution in [0.4, 0.5) is 0 Å². The summed E-state index contributed by atoms with van der Waals surface area (Å²) in [5.74, 6) is 0.220. The van der Waals surface area contributed by atoms with E-state index in [1.165, 1.54) is 77.0 Å². The van der Waals surface area contributed by atoms with Gasteiger partial charge in [-0.15, -0.1) is 0 Å². The lowest BCUT2D eigenvalue weighted by molar-refractivity contribution is -0.141. The number of nitrogens with zero attached hydrogens (tertiary/aromatic N) is 2. The number of hydrazine groups is 1. The van der Waals surface area contributed by atoms with Gasteiger partial charge in [0.1, 0.15) is 0 Å². The number of carbonyl (C=O) groups is 1. The fourth-order valence-corrected chi connectivity index (χ4v) is 2.73. The molecule has 0 aliphatic carbocycles. The molecule has 0 aromatic heterocycles. The molecule has 0 saturated heterocycles. The van der Waals surface area contributed by atoms with Crippen molar-refractivity contribution in [1.82, 2.24) is 10.0 Å². The monoisotopic (exact) mass is 338 g/mol. The van der Waals surface area contributed by atoms with Gasteiger partial charge >= 0.3 is 0 Å². The topological polar surface area (TPSA) is 23.6 Å². The maximum absolute atomic E-state index is 11.8. The standard InChI is InChI=1S/C21H42N2O/c1-5-6-7-8-9-10-11-12-13-14-15-16-17-18-19-20-21(24)23(4)22(2)3/h12-13H,5-11,14-20H2,1-4H3/b13-12+. The van der Waals surface area contributed by atoms with Crippen LogP contribution in [-0.4, -0.2) is 37.1 Å². The van der Waals surface area contributed by atoms with Gasteiger partial charge in [-0.25, -0.2) is 5.01 Å². The minimum absolute atomic E-state index is 0.220. The van der Waals surface area contributed by atoms with Gasteiger partial charge in [-0.3, -0.25) is 9.80 Å². The molecule has 0 bridgehead atoms. The summed E-state index contributed by atoms with van der Waals surface area (Å²) in [6.07, 6.45) is 22.2. The van der Waals surface area contributed by atoms with Crippen molar-refractivity contribution >= 4 is 5.91 Å². The van der Waals surface area contributed by atoms with Crippen molar-refractivity contribution in [2.75, 3.05) is 21.1 Å². The van der Waals surface area contributed by atoms with Crippen LogP contribution in [-0.2, 0) is 4.79 Å². The normalized spacial score (nSPS) is 11.5. The van der Waals surface area contributed by atoms with Gasteiger partial charge in [0.15, 0.2) is 0 Å². The quantitative estimate of drug-likeness (QED) is 0.197. The molecule has 0 aliphatic rings. The van der Waals surface area contributed by atoms with Crippen molar-refractivity contribution in [3.63, 3.8) is 0 Å². The molecule has 0 spiro atoms. The summed E-state index contributed by atoms with van der Waals surface area (Å²) in [5.41, 5.74) is 0. The maximum atomic E-state index is 11.8. The molecule has 3 nitrogen and oxygen atoms in total. The predicted octanol–water partition coefficient (Wildman–Crippen LogP) is 5.96. The highest BCUT2D eigenvalue weighted by Gasteiger charge is 2.09. The van der Waals surface area contributed by atoms with E-state index in [-0.39, 0.29) is 5.91 Å². The number of unbranched alkanes of at least 4 members (excludes halogenated alkanes) is 11. The summed E-state index contributed by atoms with van der Waals surface area (Å²) < 4.78 is 0. The highest BCUT2D eigenvalue weighted by Crippen LogP contribution is 2.10. The van der Waals surface area contributed by atoms with Gasteiger partial charge in [0.2, 0.25) is 5.91 Å². The molecule has 0 radical (unpaired) electrons. The van der Waals surface area contributed by atoms with Crippen LogP contribution in [0, 0.1) is 0 Å². The minimum Gasteiger partial charge on any atom is -0.279 e. The molecule has 0 aromatic rings. The van der Waals surface area contributed by atoms with Crippen LogP contribution in [0.15, 0.2) is 12.2 Å². The molecule has 1 amide bonds. The molecule has 0 unspecified atom stereocenters. The number of hydrogen-bond acceptors (Lipinski definition) is 2. The van der Waals surface area contributed by atoms with E-state index in [4.69, 9.17) is 0 Å². The second-order valence-corrected chi connectivity index (χ2v) is 7.10. The van der Waals surface area contributed by atoms with Crippen LogP contribution in [0.5, 0.6) is 0 Å². The molecule has 0 atom stereocenters. The second-order valence-electron chi connectivity index (χ2n) is 7.10. The third kappa shape index (κ3) is 14.7. The van der Waals surface area contributed by atoms with E-state index in [2.05, 4.69) is 19.1 Å². The molecular formula is C21H42N2O. The first-order chi connectivity index (χ1) is 11.6. The number of allylic oxidation sites excluding steroid dienone is 2. The van der Waals surface area contributed by atoms with Crippen molar-refractivity contribution in [2.45, 2.75) is 96.8 Å². The molecule has 0 heterocycles. The average molecular weight is 339 g/mol. The Morgan fingerprint density at radius 2 is 1.17 bits per heavy atom. The van der Waals surface area contributed by atoms with Crippen LogP contribution in [0.3, 0.4) is 0 Å². The Morgan fingerprint density at radius 3 is 1.67 bits per heavy atom. The molecular weight excluding hydrogens is 296 g/mol. The van der Waals surface area contributed by atoms with E-state index >= 15 is 0 Å².